The van der Waals surface area contributed by atoms with Gasteiger partial charge in [-0.2, -0.15) is 0 Å². The fourth-order valence-corrected chi connectivity index (χ4v) is 2.41. The molecule has 0 saturated carbocycles. The van der Waals surface area contributed by atoms with E-state index in [0.717, 1.165) is 19.6 Å². The van der Waals surface area contributed by atoms with Crippen LogP contribution in [-0.4, -0.2) is 29.2 Å². The van der Waals surface area contributed by atoms with Crippen molar-refractivity contribution in [1.29, 1.82) is 0 Å². The van der Waals surface area contributed by atoms with Gasteiger partial charge in [0.25, 0.3) is 0 Å². The van der Waals surface area contributed by atoms with E-state index in [1.54, 1.807) is 6.20 Å². The molecular formula is C10H15N3S. The summed E-state index contributed by atoms with van der Waals surface area (Å²) in [4.78, 5) is 4.09. The van der Waals surface area contributed by atoms with Gasteiger partial charge in [-0.3, -0.25) is 4.98 Å². The molecule has 0 amide bonds. The van der Waals surface area contributed by atoms with Crippen molar-refractivity contribution in [2.75, 3.05) is 18.8 Å². The van der Waals surface area contributed by atoms with E-state index in [1.807, 2.05) is 24.0 Å². The quantitative estimate of drug-likeness (QED) is 0.773. The molecule has 0 aliphatic carbocycles. The standard InChI is InChI=1S/C10H15N3S/c1-2-9(6-11-3-1)7-13-10-8-12-4-5-14-10/h1-3,6,10,12-13H,4-5,7-8H2. The van der Waals surface area contributed by atoms with Crippen molar-refractivity contribution in [2.45, 2.75) is 11.9 Å². The Kier molecular flexibility index (Phi) is 3.80. The normalized spacial score (nSPS) is 22.1. The Morgan fingerprint density at radius 2 is 2.64 bits per heavy atom. The van der Waals surface area contributed by atoms with E-state index in [2.05, 4.69) is 21.7 Å². The molecule has 14 heavy (non-hydrogen) atoms. The van der Waals surface area contributed by atoms with Crippen LogP contribution < -0.4 is 10.6 Å². The number of hydrogen-bond donors (Lipinski definition) is 2. The molecule has 0 bridgehead atoms. The number of hydrogen-bond acceptors (Lipinski definition) is 4. The third-order valence-electron chi connectivity index (χ3n) is 2.18. The van der Waals surface area contributed by atoms with Gasteiger partial charge in [0, 0.05) is 37.8 Å². The number of rotatable bonds is 3. The van der Waals surface area contributed by atoms with Crippen LogP contribution in [0.1, 0.15) is 5.56 Å². The van der Waals surface area contributed by atoms with Gasteiger partial charge in [0.1, 0.15) is 0 Å². The summed E-state index contributed by atoms with van der Waals surface area (Å²) in [6, 6.07) is 4.07. The van der Waals surface area contributed by atoms with Gasteiger partial charge in [-0.05, 0) is 11.6 Å². The summed E-state index contributed by atoms with van der Waals surface area (Å²) >= 11 is 1.99. The highest BCUT2D eigenvalue weighted by molar-refractivity contribution is 7.99. The van der Waals surface area contributed by atoms with Crippen LogP contribution in [0.25, 0.3) is 0 Å². The molecule has 1 fully saturated rings. The molecule has 76 valence electrons. The molecule has 1 aliphatic rings. The zero-order valence-electron chi connectivity index (χ0n) is 8.07. The number of nitrogens with one attached hydrogen (secondary N) is 2. The lowest BCUT2D eigenvalue weighted by atomic mass is 10.3. The first-order chi connectivity index (χ1) is 6.95. The Labute approximate surface area is 88.7 Å². The maximum Gasteiger partial charge on any atom is 0.0661 e. The van der Waals surface area contributed by atoms with E-state index >= 15 is 0 Å². The monoisotopic (exact) mass is 209 g/mol. The minimum Gasteiger partial charge on any atom is -0.314 e. The Bertz CT molecular complexity index is 259. The van der Waals surface area contributed by atoms with E-state index in [4.69, 9.17) is 0 Å². The van der Waals surface area contributed by atoms with E-state index in [9.17, 15) is 0 Å². The zero-order valence-corrected chi connectivity index (χ0v) is 8.89. The summed E-state index contributed by atoms with van der Waals surface area (Å²) in [5, 5.41) is 7.42. The third kappa shape index (κ3) is 2.97. The lowest BCUT2D eigenvalue weighted by Gasteiger charge is -2.23. The van der Waals surface area contributed by atoms with Gasteiger partial charge in [0.15, 0.2) is 0 Å². The molecule has 1 aliphatic heterocycles. The molecule has 1 saturated heterocycles. The van der Waals surface area contributed by atoms with Crippen LogP contribution in [0.5, 0.6) is 0 Å². The molecule has 1 aromatic heterocycles. The van der Waals surface area contributed by atoms with Crippen molar-refractivity contribution in [3.8, 4) is 0 Å². The van der Waals surface area contributed by atoms with Crippen LogP contribution in [0.4, 0.5) is 0 Å². The van der Waals surface area contributed by atoms with Gasteiger partial charge in [0.2, 0.25) is 0 Å². The third-order valence-corrected chi connectivity index (χ3v) is 3.36. The summed E-state index contributed by atoms with van der Waals surface area (Å²) in [5.41, 5.74) is 1.25. The summed E-state index contributed by atoms with van der Waals surface area (Å²) in [5.74, 6) is 1.20. The fraction of sp³-hybridized carbons (Fsp3) is 0.500. The lowest BCUT2D eigenvalue weighted by molar-refractivity contribution is 0.577. The van der Waals surface area contributed by atoms with Crippen LogP contribution in [0.15, 0.2) is 24.5 Å². The smallest absolute Gasteiger partial charge is 0.0661 e. The van der Waals surface area contributed by atoms with E-state index in [-0.39, 0.29) is 0 Å². The maximum absolute atomic E-state index is 4.09. The predicted octanol–water partition coefficient (Wildman–Crippen LogP) is 0.834. The van der Waals surface area contributed by atoms with E-state index in [0.29, 0.717) is 5.37 Å². The number of pyridine rings is 1. The topological polar surface area (TPSA) is 37.0 Å². The molecule has 2 N–H and O–H groups in total. The van der Waals surface area contributed by atoms with Crippen LogP contribution in [0.2, 0.25) is 0 Å². The molecule has 3 nitrogen and oxygen atoms in total. The molecular weight excluding hydrogens is 194 g/mol. The van der Waals surface area contributed by atoms with Crippen molar-refractivity contribution in [3.63, 3.8) is 0 Å². The van der Waals surface area contributed by atoms with Gasteiger partial charge in [-0.25, -0.2) is 0 Å². The molecule has 2 rings (SSSR count). The highest BCUT2D eigenvalue weighted by atomic mass is 32.2. The molecule has 2 heterocycles. The number of nitrogens with zero attached hydrogens (tertiary/aromatic N) is 1. The van der Waals surface area contributed by atoms with E-state index in [1.165, 1.54) is 11.3 Å². The second kappa shape index (κ2) is 5.34. The Balaban J connectivity index is 1.76. The second-order valence-corrected chi connectivity index (χ2v) is 4.62. The minimum absolute atomic E-state index is 0.545. The van der Waals surface area contributed by atoms with Crippen molar-refractivity contribution in [2.24, 2.45) is 0 Å². The van der Waals surface area contributed by atoms with Crippen LogP contribution >= 0.6 is 11.8 Å². The van der Waals surface area contributed by atoms with Crippen LogP contribution in [0.3, 0.4) is 0 Å². The Morgan fingerprint density at radius 1 is 1.64 bits per heavy atom. The second-order valence-electron chi connectivity index (χ2n) is 3.31. The highest BCUT2D eigenvalue weighted by Gasteiger charge is 2.11. The van der Waals surface area contributed by atoms with Crippen molar-refractivity contribution >= 4 is 11.8 Å². The summed E-state index contributed by atoms with van der Waals surface area (Å²) in [7, 11) is 0. The van der Waals surface area contributed by atoms with Crippen molar-refractivity contribution in [3.05, 3.63) is 30.1 Å². The average Bonchev–Trinajstić information content (AvgIpc) is 2.29. The minimum atomic E-state index is 0.545. The summed E-state index contributed by atoms with van der Waals surface area (Å²) in [6.45, 7) is 3.11. The number of aromatic nitrogens is 1. The lowest BCUT2D eigenvalue weighted by Crippen LogP contribution is -2.41. The predicted molar refractivity (Wildman–Crippen MR) is 60.2 cm³/mol. The zero-order chi connectivity index (χ0) is 9.64. The molecule has 0 radical (unpaired) electrons. The Hall–Kier alpha value is -0.580. The molecule has 4 heteroatoms. The van der Waals surface area contributed by atoms with Gasteiger partial charge in [0.05, 0.1) is 5.37 Å². The fourth-order valence-electron chi connectivity index (χ4n) is 1.43. The molecule has 1 atom stereocenters. The van der Waals surface area contributed by atoms with Gasteiger partial charge in [-0.15, -0.1) is 11.8 Å². The van der Waals surface area contributed by atoms with Gasteiger partial charge in [-0.1, -0.05) is 6.07 Å². The maximum atomic E-state index is 4.09. The highest BCUT2D eigenvalue weighted by Crippen LogP contribution is 2.10. The molecule has 1 unspecified atom stereocenters. The summed E-state index contributed by atoms with van der Waals surface area (Å²) in [6.07, 6.45) is 3.72. The first-order valence-corrected chi connectivity index (χ1v) is 5.94. The Morgan fingerprint density at radius 3 is 3.36 bits per heavy atom. The van der Waals surface area contributed by atoms with Crippen molar-refractivity contribution < 1.29 is 0 Å². The molecule has 0 spiro atoms. The van der Waals surface area contributed by atoms with Gasteiger partial charge < -0.3 is 10.6 Å². The first-order valence-electron chi connectivity index (χ1n) is 4.90. The van der Waals surface area contributed by atoms with E-state index < -0.39 is 0 Å². The van der Waals surface area contributed by atoms with Gasteiger partial charge >= 0.3 is 0 Å². The average molecular weight is 209 g/mol. The summed E-state index contributed by atoms with van der Waals surface area (Å²) < 4.78 is 0. The first kappa shape index (κ1) is 9.96. The number of thioether (sulfide) groups is 1. The largest absolute Gasteiger partial charge is 0.314 e. The van der Waals surface area contributed by atoms with Crippen LogP contribution in [-0.2, 0) is 6.54 Å². The van der Waals surface area contributed by atoms with Crippen LogP contribution in [0, 0.1) is 0 Å². The SMILES string of the molecule is c1cncc(CNC2CNCCS2)c1. The molecule has 1 aromatic rings. The van der Waals surface area contributed by atoms with Crippen molar-refractivity contribution in [1.82, 2.24) is 15.6 Å². The molecule has 0 aromatic carbocycles.